The molecule has 0 saturated carbocycles. The highest BCUT2D eigenvalue weighted by atomic mass is 16.5. The van der Waals surface area contributed by atoms with Crippen LogP contribution in [0.25, 0.3) is 17.0 Å². The molecule has 27 heavy (non-hydrogen) atoms. The number of carboxylic acid groups (broad SMARTS) is 1. The first kappa shape index (κ1) is 16.9. The van der Waals surface area contributed by atoms with E-state index in [2.05, 4.69) is 20.4 Å². The van der Waals surface area contributed by atoms with Gasteiger partial charge in [-0.05, 0) is 30.7 Å². The van der Waals surface area contributed by atoms with Crippen LogP contribution in [0.1, 0.15) is 27.5 Å². The van der Waals surface area contributed by atoms with E-state index in [1.54, 1.807) is 12.1 Å². The van der Waals surface area contributed by atoms with Gasteiger partial charge in [0, 0.05) is 18.3 Å². The molecule has 0 spiro atoms. The summed E-state index contributed by atoms with van der Waals surface area (Å²) in [7, 11) is 0. The Morgan fingerprint density at radius 2 is 2.04 bits per heavy atom. The molecular formula is C19H17N5O3. The van der Waals surface area contributed by atoms with E-state index in [4.69, 9.17) is 9.63 Å². The molecule has 0 aliphatic carbocycles. The van der Waals surface area contributed by atoms with E-state index < -0.39 is 5.97 Å². The zero-order chi connectivity index (χ0) is 18.8. The second-order valence-electron chi connectivity index (χ2n) is 6.13. The fraction of sp³-hybridized carbons (Fsp3) is 0.158. The topological polar surface area (TPSA) is 106 Å². The van der Waals surface area contributed by atoms with Crippen LogP contribution in [-0.2, 0) is 13.1 Å². The molecule has 3 heterocycles. The van der Waals surface area contributed by atoms with Crippen LogP contribution in [0.15, 0.2) is 53.3 Å². The molecule has 0 bridgehead atoms. The quantitative estimate of drug-likeness (QED) is 0.542. The maximum absolute atomic E-state index is 10.9. The fourth-order valence-electron chi connectivity index (χ4n) is 2.84. The summed E-state index contributed by atoms with van der Waals surface area (Å²) in [6.45, 7) is 3.05. The molecule has 1 aromatic carbocycles. The van der Waals surface area contributed by atoms with Gasteiger partial charge in [-0.15, -0.1) is 0 Å². The van der Waals surface area contributed by atoms with Crippen LogP contribution < -0.4 is 5.32 Å². The van der Waals surface area contributed by atoms with E-state index in [1.165, 1.54) is 12.1 Å². The Morgan fingerprint density at radius 1 is 1.22 bits per heavy atom. The summed E-state index contributed by atoms with van der Waals surface area (Å²) in [6.07, 6.45) is 3.83. The normalized spacial score (nSPS) is 11.1. The number of nitrogens with one attached hydrogen (secondary N) is 1. The van der Waals surface area contributed by atoms with Crippen molar-refractivity contribution in [3.8, 4) is 11.4 Å². The number of imidazole rings is 1. The third-order valence-electron chi connectivity index (χ3n) is 4.25. The number of rotatable bonds is 6. The lowest BCUT2D eigenvalue weighted by Crippen LogP contribution is -2.14. The molecule has 8 heteroatoms. The molecule has 0 aliphatic rings. The van der Waals surface area contributed by atoms with E-state index >= 15 is 0 Å². The number of pyridine rings is 1. The van der Waals surface area contributed by atoms with Gasteiger partial charge < -0.3 is 19.3 Å². The lowest BCUT2D eigenvalue weighted by atomic mass is 10.1. The van der Waals surface area contributed by atoms with E-state index in [-0.39, 0.29) is 5.56 Å². The Labute approximate surface area is 154 Å². The number of fused-ring (bicyclic) bond motifs is 1. The second kappa shape index (κ2) is 7.00. The minimum Gasteiger partial charge on any atom is -0.478 e. The van der Waals surface area contributed by atoms with Crippen LogP contribution in [-0.4, -0.2) is 30.6 Å². The zero-order valence-electron chi connectivity index (χ0n) is 14.6. The van der Waals surface area contributed by atoms with Crippen molar-refractivity contribution < 1.29 is 14.4 Å². The van der Waals surface area contributed by atoms with Crippen molar-refractivity contribution >= 4 is 11.6 Å². The van der Waals surface area contributed by atoms with Crippen molar-refractivity contribution in [1.29, 1.82) is 0 Å². The largest absolute Gasteiger partial charge is 0.478 e. The third-order valence-corrected chi connectivity index (χ3v) is 4.25. The lowest BCUT2D eigenvalue weighted by Gasteiger charge is -2.03. The number of benzene rings is 1. The van der Waals surface area contributed by atoms with Gasteiger partial charge >= 0.3 is 5.97 Å². The SMILES string of the molecule is Cc1cccn2c(CNCc3nc(-c4ccc(C(=O)O)cc4)no3)cnc12. The molecule has 4 aromatic rings. The van der Waals surface area contributed by atoms with Crippen LogP contribution in [0.3, 0.4) is 0 Å². The Kier molecular flexibility index (Phi) is 4.39. The minimum absolute atomic E-state index is 0.215. The van der Waals surface area contributed by atoms with Crippen LogP contribution in [0, 0.1) is 6.92 Å². The molecule has 136 valence electrons. The molecule has 0 fully saturated rings. The molecular weight excluding hydrogens is 346 g/mol. The Morgan fingerprint density at radius 3 is 2.81 bits per heavy atom. The molecule has 8 nitrogen and oxygen atoms in total. The molecule has 0 amide bonds. The first-order chi connectivity index (χ1) is 13.1. The summed E-state index contributed by atoms with van der Waals surface area (Å²) in [6, 6.07) is 10.4. The summed E-state index contributed by atoms with van der Waals surface area (Å²) in [5.41, 5.74) is 4.02. The number of nitrogens with zero attached hydrogens (tertiary/aromatic N) is 4. The van der Waals surface area contributed by atoms with Gasteiger partial charge in [0.05, 0.1) is 24.0 Å². The average molecular weight is 363 g/mol. The summed E-state index contributed by atoms with van der Waals surface area (Å²) in [4.78, 5) is 19.7. The van der Waals surface area contributed by atoms with E-state index in [0.717, 1.165) is 16.9 Å². The number of carboxylic acids is 1. The summed E-state index contributed by atoms with van der Waals surface area (Å²) in [5, 5.41) is 16.2. The fourth-order valence-corrected chi connectivity index (χ4v) is 2.84. The highest BCUT2D eigenvalue weighted by Gasteiger charge is 2.10. The van der Waals surface area contributed by atoms with Gasteiger partial charge in [-0.3, -0.25) is 0 Å². The van der Waals surface area contributed by atoms with Gasteiger partial charge in [-0.1, -0.05) is 23.4 Å². The zero-order valence-corrected chi connectivity index (χ0v) is 14.6. The standard InChI is InChI=1S/C19H17N5O3/c1-12-3-2-8-24-15(10-21-18(12)24)9-20-11-16-22-17(23-27-16)13-4-6-14(7-5-13)19(25)26/h2-8,10,20H,9,11H2,1H3,(H,25,26). The van der Waals surface area contributed by atoms with Crippen LogP contribution in [0.5, 0.6) is 0 Å². The molecule has 0 radical (unpaired) electrons. The Hall–Kier alpha value is -3.52. The van der Waals surface area contributed by atoms with Crippen molar-refractivity contribution in [2.24, 2.45) is 0 Å². The van der Waals surface area contributed by atoms with Crippen LogP contribution >= 0.6 is 0 Å². The molecule has 0 atom stereocenters. The van der Waals surface area contributed by atoms with Crippen LogP contribution in [0.2, 0.25) is 0 Å². The number of aromatic nitrogens is 4. The minimum atomic E-state index is -0.970. The number of hydrogen-bond acceptors (Lipinski definition) is 6. The maximum Gasteiger partial charge on any atom is 0.335 e. The van der Waals surface area contributed by atoms with Gasteiger partial charge in [0.2, 0.25) is 11.7 Å². The van der Waals surface area contributed by atoms with E-state index in [0.29, 0.717) is 30.4 Å². The summed E-state index contributed by atoms with van der Waals surface area (Å²) < 4.78 is 7.31. The first-order valence-electron chi connectivity index (χ1n) is 8.40. The van der Waals surface area contributed by atoms with Crippen molar-refractivity contribution in [3.63, 3.8) is 0 Å². The first-order valence-corrected chi connectivity index (χ1v) is 8.40. The summed E-state index contributed by atoms with van der Waals surface area (Å²) >= 11 is 0. The summed E-state index contributed by atoms with van der Waals surface area (Å²) in [5.74, 6) is -0.0892. The highest BCUT2D eigenvalue weighted by Crippen LogP contribution is 2.17. The monoisotopic (exact) mass is 363 g/mol. The maximum atomic E-state index is 10.9. The number of aromatic carboxylic acids is 1. The lowest BCUT2D eigenvalue weighted by molar-refractivity contribution is 0.0697. The van der Waals surface area contributed by atoms with Crippen molar-refractivity contribution in [3.05, 3.63) is 71.5 Å². The Bertz CT molecular complexity index is 1100. The number of hydrogen-bond donors (Lipinski definition) is 2. The molecule has 0 saturated heterocycles. The molecule has 3 aromatic heterocycles. The molecule has 4 rings (SSSR count). The highest BCUT2D eigenvalue weighted by molar-refractivity contribution is 5.88. The van der Waals surface area contributed by atoms with Gasteiger partial charge in [-0.25, -0.2) is 9.78 Å². The van der Waals surface area contributed by atoms with Gasteiger partial charge in [0.1, 0.15) is 5.65 Å². The van der Waals surface area contributed by atoms with Gasteiger partial charge in [0.15, 0.2) is 0 Å². The molecule has 2 N–H and O–H groups in total. The van der Waals surface area contributed by atoms with Crippen molar-refractivity contribution in [2.45, 2.75) is 20.0 Å². The average Bonchev–Trinajstić information content (AvgIpc) is 3.30. The Balaban J connectivity index is 1.41. The van der Waals surface area contributed by atoms with Gasteiger partial charge in [0.25, 0.3) is 0 Å². The van der Waals surface area contributed by atoms with E-state index in [9.17, 15) is 4.79 Å². The van der Waals surface area contributed by atoms with Crippen LogP contribution in [0.4, 0.5) is 0 Å². The number of carbonyl (C=O) groups is 1. The molecule has 0 unspecified atom stereocenters. The molecule has 0 aliphatic heterocycles. The predicted octanol–water partition coefficient (Wildman–Crippen LogP) is 2.68. The second-order valence-corrected chi connectivity index (χ2v) is 6.13. The number of aryl methyl sites for hydroxylation is 1. The smallest absolute Gasteiger partial charge is 0.335 e. The van der Waals surface area contributed by atoms with Gasteiger partial charge in [-0.2, -0.15) is 4.98 Å². The van der Waals surface area contributed by atoms with Crippen molar-refractivity contribution in [2.75, 3.05) is 0 Å². The predicted molar refractivity (Wildman–Crippen MR) is 97.2 cm³/mol. The third kappa shape index (κ3) is 3.42. The van der Waals surface area contributed by atoms with E-state index in [1.807, 2.05) is 35.9 Å². The van der Waals surface area contributed by atoms with Crippen molar-refractivity contribution in [1.82, 2.24) is 24.8 Å².